The lowest BCUT2D eigenvalue weighted by atomic mass is 9.85. The van der Waals surface area contributed by atoms with E-state index in [-0.39, 0.29) is 29.8 Å². The van der Waals surface area contributed by atoms with Crippen molar-refractivity contribution in [2.45, 2.75) is 58.9 Å². The fourth-order valence-corrected chi connectivity index (χ4v) is 5.10. The average molecular weight is 350 g/mol. The van der Waals surface area contributed by atoms with Gasteiger partial charge in [-0.2, -0.15) is 0 Å². The van der Waals surface area contributed by atoms with Crippen molar-refractivity contribution in [1.29, 1.82) is 0 Å². The van der Waals surface area contributed by atoms with Crippen molar-refractivity contribution >= 4 is 23.2 Å². The number of aromatic nitrogens is 1. The zero-order chi connectivity index (χ0) is 17.5. The van der Waals surface area contributed by atoms with Crippen LogP contribution in [0.5, 0.6) is 0 Å². The predicted molar refractivity (Wildman–Crippen MR) is 94.9 cm³/mol. The maximum absolute atomic E-state index is 12.7. The average Bonchev–Trinajstić information content (AvgIpc) is 3.19. The lowest BCUT2D eigenvalue weighted by Gasteiger charge is -2.28. The van der Waals surface area contributed by atoms with E-state index in [1.165, 1.54) is 12.8 Å². The molecule has 1 aromatic rings. The third-order valence-corrected chi connectivity index (χ3v) is 6.61. The topological polar surface area (TPSA) is 53.5 Å². The number of likely N-dealkylation sites (N-methyl/N-ethyl adjacent to an activating group) is 1. The summed E-state index contributed by atoms with van der Waals surface area (Å²) >= 11 is 1.66. The molecule has 1 aromatic heterocycles. The molecule has 2 amide bonds. The van der Waals surface area contributed by atoms with Crippen LogP contribution in [0.25, 0.3) is 0 Å². The first-order valence-corrected chi connectivity index (χ1v) is 9.60. The van der Waals surface area contributed by atoms with Gasteiger partial charge in [0.2, 0.25) is 11.8 Å². The summed E-state index contributed by atoms with van der Waals surface area (Å²) in [7, 11) is 1.81. The van der Waals surface area contributed by atoms with Crippen LogP contribution in [0.4, 0.5) is 0 Å². The molecule has 6 heteroatoms. The third kappa shape index (κ3) is 3.21. The van der Waals surface area contributed by atoms with E-state index in [4.69, 9.17) is 0 Å². The number of aryl methyl sites for hydroxylation is 2. The normalized spacial score (nSPS) is 20.8. The van der Waals surface area contributed by atoms with Crippen molar-refractivity contribution in [3.63, 3.8) is 0 Å². The Balaban J connectivity index is 1.64. The van der Waals surface area contributed by atoms with E-state index in [9.17, 15) is 9.59 Å². The van der Waals surface area contributed by atoms with Gasteiger partial charge in [-0.3, -0.25) is 9.59 Å². The van der Waals surface area contributed by atoms with Gasteiger partial charge in [0.1, 0.15) is 0 Å². The summed E-state index contributed by atoms with van der Waals surface area (Å²) in [5.41, 5.74) is 1.12. The third-order valence-electron chi connectivity index (χ3n) is 5.71. The largest absolute Gasteiger partial charge is 0.336 e. The number of nitrogens with zero attached hydrogens (tertiary/aromatic N) is 3. The molecule has 0 N–H and O–H groups in total. The number of amides is 2. The van der Waals surface area contributed by atoms with E-state index in [2.05, 4.69) is 4.98 Å². The van der Waals surface area contributed by atoms with E-state index >= 15 is 0 Å². The van der Waals surface area contributed by atoms with Crippen molar-refractivity contribution in [2.24, 2.45) is 5.41 Å². The van der Waals surface area contributed by atoms with Crippen LogP contribution >= 0.6 is 11.3 Å². The van der Waals surface area contributed by atoms with Crippen molar-refractivity contribution in [3.05, 3.63) is 15.6 Å². The summed E-state index contributed by atoms with van der Waals surface area (Å²) in [5, 5.41) is 1.02. The molecule has 1 aliphatic carbocycles. The molecule has 2 aliphatic rings. The van der Waals surface area contributed by atoms with Gasteiger partial charge in [-0.1, -0.05) is 12.8 Å². The Morgan fingerprint density at radius 1 is 1.38 bits per heavy atom. The Hall–Kier alpha value is -1.43. The van der Waals surface area contributed by atoms with Gasteiger partial charge in [0.25, 0.3) is 0 Å². The van der Waals surface area contributed by atoms with Gasteiger partial charge in [-0.25, -0.2) is 4.98 Å². The first kappa shape index (κ1) is 17.4. The molecular weight excluding hydrogens is 322 g/mol. The Morgan fingerprint density at radius 2 is 2.04 bits per heavy atom. The second kappa shape index (κ2) is 6.47. The van der Waals surface area contributed by atoms with Crippen LogP contribution in [0, 0.1) is 19.3 Å². The molecule has 3 rings (SSSR count). The lowest BCUT2D eigenvalue weighted by molar-refractivity contribution is -0.138. The molecule has 132 valence electrons. The van der Waals surface area contributed by atoms with Gasteiger partial charge in [0.15, 0.2) is 0 Å². The molecule has 1 saturated heterocycles. The Kier molecular flexibility index (Phi) is 4.69. The van der Waals surface area contributed by atoms with Crippen LogP contribution in [0.2, 0.25) is 0 Å². The second-order valence-electron chi connectivity index (χ2n) is 7.49. The monoisotopic (exact) mass is 349 g/mol. The van der Waals surface area contributed by atoms with Gasteiger partial charge >= 0.3 is 0 Å². The summed E-state index contributed by atoms with van der Waals surface area (Å²) in [4.78, 5) is 34.2. The molecular formula is C18H27N3O2S. The van der Waals surface area contributed by atoms with Crippen molar-refractivity contribution in [3.8, 4) is 0 Å². The Labute approximate surface area is 148 Å². The van der Waals surface area contributed by atoms with Crippen LogP contribution in [0.3, 0.4) is 0 Å². The highest BCUT2D eigenvalue weighted by Crippen LogP contribution is 2.45. The van der Waals surface area contributed by atoms with Crippen LogP contribution in [-0.2, 0) is 9.59 Å². The second-order valence-corrected chi connectivity index (χ2v) is 8.90. The molecule has 1 atom stereocenters. The molecule has 0 radical (unpaired) electrons. The molecule has 2 heterocycles. The molecule has 5 nitrogen and oxygen atoms in total. The van der Waals surface area contributed by atoms with Gasteiger partial charge in [-0.15, -0.1) is 11.3 Å². The molecule has 1 spiro atoms. The number of carbonyl (C=O) groups excluding carboxylic acids is 2. The molecule has 2 fully saturated rings. The van der Waals surface area contributed by atoms with Gasteiger partial charge in [0, 0.05) is 24.9 Å². The maximum Gasteiger partial charge on any atom is 0.242 e. The summed E-state index contributed by atoms with van der Waals surface area (Å²) in [6.07, 6.45) is 5.33. The van der Waals surface area contributed by atoms with E-state index in [0.717, 1.165) is 35.0 Å². The van der Waals surface area contributed by atoms with Crippen LogP contribution in [0.15, 0.2) is 0 Å². The maximum atomic E-state index is 12.7. The minimum atomic E-state index is -0.0689. The SMILES string of the molecule is Cc1nc([C@H](C)N(C)C(=O)CN2CC3(CCCC3)CC2=O)c(C)s1. The molecule has 1 saturated carbocycles. The summed E-state index contributed by atoms with van der Waals surface area (Å²) in [6.45, 7) is 6.99. The van der Waals surface area contributed by atoms with Gasteiger partial charge < -0.3 is 9.80 Å². The summed E-state index contributed by atoms with van der Waals surface area (Å²) in [6, 6.07) is -0.0689. The highest BCUT2D eigenvalue weighted by molar-refractivity contribution is 7.11. The number of hydrogen-bond donors (Lipinski definition) is 0. The smallest absolute Gasteiger partial charge is 0.242 e. The van der Waals surface area contributed by atoms with E-state index in [1.807, 2.05) is 27.8 Å². The number of thiazole rings is 1. The summed E-state index contributed by atoms with van der Waals surface area (Å²) in [5.74, 6) is 0.142. The number of hydrogen-bond acceptors (Lipinski definition) is 4. The first-order chi connectivity index (χ1) is 11.3. The van der Waals surface area contributed by atoms with Crippen LogP contribution in [0.1, 0.15) is 60.6 Å². The standard InChI is InChI=1S/C18H27N3O2S/c1-12(17-13(2)24-14(3)19-17)20(4)16(23)10-21-11-18(9-15(21)22)7-5-6-8-18/h12H,5-11H2,1-4H3/t12-/m0/s1. The van der Waals surface area contributed by atoms with Crippen molar-refractivity contribution < 1.29 is 9.59 Å². The fourth-order valence-electron chi connectivity index (χ4n) is 4.19. The van der Waals surface area contributed by atoms with E-state index < -0.39 is 0 Å². The zero-order valence-corrected chi connectivity index (χ0v) is 15.9. The number of carbonyl (C=O) groups is 2. The van der Waals surface area contributed by atoms with Gasteiger partial charge in [-0.05, 0) is 39.0 Å². The molecule has 24 heavy (non-hydrogen) atoms. The van der Waals surface area contributed by atoms with Crippen molar-refractivity contribution in [1.82, 2.24) is 14.8 Å². The van der Waals surface area contributed by atoms with Crippen LogP contribution < -0.4 is 0 Å². The molecule has 0 aromatic carbocycles. The van der Waals surface area contributed by atoms with E-state index in [1.54, 1.807) is 21.1 Å². The molecule has 0 unspecified atom stereocenters. The fraction of sp³-hybridized carbons (Fsp3) is 0.722. The Bertz CT molecular complexity index is 649. The minimum absolute atomic E-state index is 0.00375. The highest BCUT2D eigenvalue weighted by Gasteiger charge is 2.45. The highest BCUT2D eigenvalue weighted by atomic mass is 32.1. The van der Waals surface area contributed by atoms with E-state index in [0.29, 0.717) is 6.42 Å². The van der Waals surface area contributed by atoms with Crippen molar-refractivity contribution in [2.75, 3.05) is 20.1 Å². The first-order valence-electron chi connectivity index (χ1n) is 8.79. The Morgan fingerprint density at radius 3 is 2.62 bits per heavy atom. The quantitative estimate of drug-likeness (QED) is 0.839. The predicted octanol–water partition coefficient (Wildman–Crippen LogP) is 3.07. The lowest BCUT2D eigenvalue weighted by Crippen LogP contribution is -2.40. The van der Waals surface area contributed by atoms with Gasteiger partial charge in [0.05, 0.1) is 23.3 Å². The van der Waals surface area contributed by atoms with Crippen LogP contribution in [-0.4, -0.2) is 46.7 Å². The summed E-state index contributed by atoms with van der Waals surface area (Å²) < 4.78 is 0. The number of likely N-dealkylation sites (tertiary alicyclic amines) is 1. The minimum Gasteiger partial charge on any atom is -0.336 e. The zero-order valence-electron chi connectivity index (χ0n) is 15.1. The number of rotatable bonds is 4. The molecule has 0 bridgehead atoms. The molecule has 1 aliphatic heterocycles.